The zero-order chi connectivity index (χ0) is 22.3. The van der Waals surface area contributed by atoms with Crippen LogP contribution in [0.15, 0.2) is 21.7 Å². The van der Waals surface area contributed by atoms with Crippen molar-refractivity contribution in [2.45, 2.75) is 0 Å². The van der Waals surface area contributed by atoms with Crippen molar-refractivity contribution in [1.82, 2.24) is 14.1 Å². The summed E-state index contributed by atoms with van der Waals surface area (Å²) in [7, 11) is 7.07. The lowest BCUT2D eigenvalue weighted by Gasteiger charge is -2.18. The fraction of sp³-hybridized carbons (Fsp3) is 0.263. The highest BCUT2D eigenvalue weighted by Gasteiger charge is 2.26. The fourth-order valence-electron chi connectivity index (χ4n) is 3.37. The average Bonchev–Trinajstić information content (AvgIpc) is 2.73. The first-order chi connectivity index (χ1) is 14.2. The number of hydrogen-bond donors (Lipinski definition) is 2. The highest BCUT2D eigenvalue weighted by atomic mass is 16.5. The molecule has 158 valence electrons. The maximum absolute atomic E-state index is 13.0. The Bertz CT molecular complexity index is 1280. The zero-order valence-corrected chi connectivity index (χ0v) is 17.1. The van der Waals surface area contributed by atoms with E-state index in [-0.39, 0.29) is 39.5 Å². The maximum Gasteiger partial charge on any atom is 0.332 e. The topological polar surface area (TPSA) is 154 Å². The van der Waals surface area contributed by atoms with Gasteiger partial charge in [-0.2, -0.15) is 0 Å². The van der Waals surface area contributed by atoms with E-state index in [1.807, 2.05) is 0 Å². The lowest BCUT2D eigenvalue weighted by atomic mass is 9.96. The van der Waals surface area contributed by atoms with Gasteiger partial charge in [0.15, 0.2) is 17.1 Å². The molecule has 3 rings (SSSR count). The number of primary amides is 1. The van der Waals surface area contributed by atoms with Crippen molar-refractivity contribution in [2.24, 2.45) is 19.8 Å². The Labute approximate surface area is 170 Å². The third-order valence-electron chi connectivity index (χ3n) is 4.82. The van der Waals surface area contributed by atoms with Gasteiger partial charge in [-0.1, -0.05) is 0 Å². The summed E-state index contributed by atoms with van der Waals surface area (Å²) in [6, 6.07) is 3.10. The van der Waals surface area contributed by atoms with Gasteiger partial charge in [0.1, 0.15) is 5.82 Å². The number of aryl methyl sites for hydroxylation is 1. The van der Waals surface area contributed by atoms with Gasteiger partial charge in [-0.05, 0) is 17.7 Å². The van der Waals surface area contributed by atoms with Crippen LogP contribution in [0.4, 0.5) is 5.82 Å². The largest absolute Gasteiger partial charge is 0.493 e. The van der Waals surface area contributed by atoms with Gasteiger partial charge in [0, 0.05) is 19.7 Å². The van der Waals surface area contributed by atoms with Gasteiger partial charge >= 0.3 is 5.69 Å². The molecule has 2 aromatic heterocycles. The van der Waals surface area contributed by atoms with E-state index in [1.165, 1.54) is 40.0 Å². The second-order valence-corrected chi connectivity index (χ2v) is 6.43. The third-order valence-corrected chi connectivity index (χ3v) is 4.82. The molecule has 0 fully saturated rings. The molecule has 11 nitrogen and oxygen atoms in total. The highest BCUT2D eigenvalue weighted by Crippen LogP contribution is 2.43. The van der Waals surface area contributed by atoms with E-state index in [0.29, 0.717) is 11.3 Å². The number of rotatable bonds is 5. The number of methoxy groups -OCH3 is 3. The first kappa shape index (κ1) is 20.7. The Morgan fingerprint density at radius 1 is 1.00 bits per heavy atom. The molecule has 0 unspecified atom stereocenters. The normalized spacial score (nSPS) is 10.8. The highest BCUT2D eigenvalue weighted by molar-refractivity contribution is 6.11. The van der Waals surface area contributed by atoms with Crippen molar-refractivity contribution in [1.29, 1.82) is 0 Å². The number of aromatic nitrogens is 3. The summed E-state index contributed by atoms with van der Waals surface area (Å²) in [6.45, 7) is 0. The predicted molar refractivity (Wildman–Crippen MR) is 110 cm³/mol. The number of amides is 1. The monoisotopic (exact) mass is 415 g/mol. The molecular formula is C19H21N5O6. The SMILES string of the molecule is COc1cc(-c2c(C(N)=O)c(N)nc3c2c(=O)n(C)c(=O)n3C)cc(OC)c1OC. The molecule has 0 saturated heterocycles. The van der Waals surface area contributed by atoms with Gasteiger partial charge < -0.3 is 25.7 Å². The lowest BCUT2D eigenvalue weighted by molar-refractivity contribution is 0.100. The number of nitrogens with two attached hydrogens (primary N) is 2. The van der Waals surface area contributed by atoms with Gasteiger partial charge in [-0.3, -0.25) is 18.7 Å². The minimum Gasteiger partial charge on any atom is -0.493 e. The summed E-state index contributed by atoms with van der Waals surface area (Å²) in [4.78, 5) is 41.8. The van der Waals surface area contributed by atoms with Crippen molar-refractivity contribution in [3.05, 3.63) is 38.5 Å². The molecule has 2 heterocycles. The fourth-order valence-corrected chi connectivity index (χ4v) is 3.37. The Morgan fingerprint density at radius 3 is 2.03 bits per heavy atom. The van der Waals surface area contributed by atoms with Crippen molar-refractivity contribution < 1.29 is 19.0 Å². The number of carbonyl (C=O) groups excluding carboxylic acids is 1. The molecule has 30 heavy (non-hydrogen) atoms. The van der Waals surface area contributed by atoms with E-state index < -0.39 is 17.2 Å². The molecule has 4 N–H and O–H groups in total. The van der Waals surface area contributed by atoms with Crippen molar-refractivity contribution in [3.63, 3.8) is 0 Å². The van der Waals surface area contributed by atoms with Crippen molar-refractivity contribution in [3.8, 4) is 28.4 Å². The standard InChI is InChI=1S/C19H21N5O6/c1-23-17-13(18(26)24(2)19(23)27)11(12(16(21)25)15(20)22-17)8-6-9(28-3)14(30-5)10(7-8)29-4/h6-7H,1-5H3,(H2,20,22)(H2,21,25). The molecule has 0 saturated carbocycles. The number of ether oxygens (including phenoxy) is 3. The van der Waals surface area contributed by atoms with E-state index in [4.69, 9.17) is 25.7 Å². The van der Waals surface area contributed by atoms with Crippen LogP contribution in [0, 0.1) is 0 Å². The van der Waals surface area contributed by atoms with E-state index in [9.17, 15) is 14.4 Å². The molecule has 1 aromatic carbocycles. The van der Waals surface area contributed by atoms with Gasteiger partial charge in [-0.15, -0.1) is 0 Å². The summed E-state index contributed by atoms with van der Waals surface area (Å²) in [5.74, 6) is -0.223. The summed E-state index contributed by atoms with van der Waals surface area (Å²) in [5, 5.41) is -0.00290. The molecule has 11 heteroatoms. The van der Waals surface area contributed by atoms with Gasteiger partial charge in [0.25, 0.3) is 11.5 Å². The molecule has 0 radical (unpaired) electrons. The minimum atomic E-state index is -0.887. The molecular weight excluding hydrogens is 394 g/mol. The Kier molecular flexibility index (Phi) is 5.13. The van der Waals surface area contributed by atoms with Gasteiger partial charge in [0.05, 0.1) is 32.3 Å². The third kappa shape index (κ3) is 2.91. The van der Waals surface area contributed by atoms with E-state index in [0.717, 1.165) is 4.57 Å². The van der Waals surface area contributed by atoms with Crippen LogP contribution in [0.1, 0.15) is 10.4 Å². The Hall–Kier alpha value is -4.02. The van der Waals surface area contributed by atoms with Crippen LogP contribution < -0.4 is 36.9 Å². The second kappa shape index (κ2) is 7.43. The van der Waals surface area contributed by atoms with Crippen LogP contribution >= 0.6 is 0 Å². The molecule has 0 atom stereocenters. The van der Waals surface area contributed by atoms with E-state index in [2.05, 4.69) is 4.98 Å². The van der Waals surface area contributed by atoms with Crippen LogP contribution in [-0.2, 0) is 14.1 Å². The molecule has 0 bridgehead atoms. The average molecular weight is 415 g/mol. The molecule has 0 aliphatic carbocycles. The Morgan fingerprint density at radius 2 is 1.57 bits per heavy atom. The number of carbonyl (C=O) groups is 1. The van der Waals surface area contributed by atoms with Crippen LogP contribution in [0.3, 0.4) is 0 Å². The summed E-state index contributed by atoms with van der Waals surface area (Å²) in [5.41, 5.74) is 10.6. The first-order valence-corrected chi connectivity index (χ1v) is 8.67. The van der Waals surface area contributed by atoms with Crippen molar-refractivity contribution >= 4 is 22.8 Å². The number of pyridine rings is 1. The smallest absolute Gasteiger partial charge is 0.332 e. The second-order valence-electron chi connectivity index (χ2n) is 6.43. The molecule has 3 aromatic rings. The number of fused-ring (bicyclic) bond motifs is 1. The predicted octanol–water partition coefficient (Wildman–Crippen LogP) is 0.00610. The minimum absolute atomic E-state index is 0.00290. The number of anilines is 1. The Balaban J connectivity index is 2.65. The van der Waals surface area contributed by atoms with Crippen LogP contribution in [0.25, 0.3) is 22.2 Å². The van der Waals surface area contributed by atoms with Gasteiger partial charge in [0.2, 0.25) is 5.75 Å². The number of hydrogen-bond acceptors (Lipinski definition) is 8. The van der Waals surface area contributed by atoms with Crippen LogP contribution in [0.2, 0.25) is 0 Å². The summed E-state index contributed by atoms with van der Waals surface area (Å²) in [6.07, 6.45) is 0. The maximum atomic E-state index is 13.0. The summed E-state index contributed by atoms with van der Waals surface area (Å²) < 4.78 is 18.1. The van der Waals surface area contributed by atoms with Gasteiger partial charge in [-0.25, -0.2) is 9.78 Å². The lowest BCUT2D eigenvalue weighted by Crippen LogP contribution is -2.38. The number of nitrogens with zero attached hydrogens (tertiary/aromatic N) is 3. The number of benzene rings is 1. The molecule has 0 aliphatic heterocycles. The zero-order valence-electron chi connectivity index (χ0n) is 17.1. The van der Waals surface area contributed by atoms with E-state index >= 15 is 0 Å². The van der Waals surface area contributed by atoms with Crippen LogP contribution in [0.5, 0.6) is 17.2 Å². The van der Waals surface area contributed by atoms with E-state index in [1.54, 1.807) is 12.1 Å². The molecule has 0 spiro atoms. The quantitative estimate of drug-likeness (QED) is 0.590. The first-order valence-electron chi connectivity index (χ1n) is 8.67. The van der Waals surface area contributed by atoms with Crippen molar-refractivity contribution in [2.75, 3.05) is 27.1 Å². The number of nitrogen functional groups attached to an aromatic ring is 1. The molecule has 0 aliphatic rings. The molecule has 1 amide bonds. The summed E-state index contributed by atoms with van der Waals surface area (Å²) >= 11 is 0. The van der Waals surface area contributed by atoms with Crippen LogP contribution in [-0.4, -0.2) is 41.4 Å².